The zero-order valence-corrected chi connectivity index (χ0v) is 39.9. The van der Waals surface area contributed by atoms with Crippen LogP contribution in [0.5, 0.6) is 11.5 Å². The molecule has 1 saturated heterocycles. The summed E-state index contributed by atoms with van der Waals surface area (Å²) in [6.45, 7) is 0.755. The Hall–Kier alpha value is -6.88. The molecule has 1 fully saturated rings. The number of hydrogen-bond donors (Lipinski definition) is 1. The van der Waals surface area contributed by atoms with E-state index in [9.17, 15) is 5.11 Å². The van der Waals surface area contributed by atoms with Crippen molar-refractivity contribution in [2.24, 2.45) is 0 Å². The maximum Gasteiger partial charge on any atom is 0.143 e. The van der Waals surface area contributed by atoms with Crippen LogP contribution in [-0.2, 0) is 50.8 Å². The zero-order valence-electron chi connectivity index (χ0n) is 39.1. The van der Waals surface area contributed by atoms with Crippen molar-refractivity contribution in [2.75, 3.05) is 13.7 Å². The summed E-state index contributed by atoms with van der Waals surface area (Å²) in [6, 6.07) is 75.7. The van der Waals surface area contributed by atoms with Gasteiger partial charge in [-0.3, -0.25) is 0 Å². The van der Waals surface area contributed by atoms with Crippen LogP contribution in [0.3, 0.4) is 0 Å². The minimum atomic E-state index is -1.19. The summed E-state index contributed by atoms with van der Waals surface area (Å²) in [4.78, 5) is 1.19. The summed E-state index contributed by atoms with van der Waals surface area (Å²) in [6.07, 6.45) is -4.02. The van der Waals surface area contributed by atoms with Crippen LogP contribution >= 0.6 is 11.3 Å². The molecular formula is C62H56O7S. The van der Waals surface area contributed by atoms with E-state index in [1.165, 1.54) is 15.0 Å². The Balaban J connectivity index is 1.11. The van der Waals surface area contributed by atoms with Crippen molar-refractivity contribution in [3.63, 3.8) is 0 Å². The second kappa shape index (κ2) is 22.3. The standard InChI is InChI=1S/C62H56O7S/c1-64-54-39-55(65-40-44-22-8-2-9-23-44)53(38-48(54)37-52-36-47-28-20-21-35-57(47)70-52)59-61(67-42-46-26-12-4-13-27-46)60(66-41-45-24-10-3-11-25-45)58(63)56(69-59)43-68-62(49-29-14-5-15-30-49,50-31-16-6-17-32-50)51-33-18-7-19-34-51/h2-36,38-39,56,58-61,63H,37,40-43H2,1H3/t56-,58+,59+,60+,61+/m1/s1. The van der Waals surface area contributed by atoms with Crippen LogP contribution in [0.1, 0.15) is 55.5 Å². The first-order valence-corrected chi connectivity index (χ1v) is 24.7. The van der Waals surface area contributed by atoms with Gasteiger partial charge in [-0.05, 0) is 62.5 Å². The fourth-order valence-corrected chi connectivity index (χ4v) is 10.6. The van der Waals surface area contributed by atoms with E-state index < -0.39 is 36.1 Å². The van der Waals surface area contributed by atoms with E-state index in [0.29, 0.717) is 24.5 Å². The Morgan fingerprint density at radius 2 is 1.01 bits per heavy atom. The molecule has 0 aliphatic carbocycles. The highest BCUT2D eigenvalue weighted by molar-refractivity contribution is 7.19. The number of aliphatic hydroxyl groups is 1. The maximum atomic E-state index is 12.9. The van der Waals surface area contributed by atoms with Crippen molar-refractivity contribution >= 4 is 21.4 Å². The van der Waals surface area contributed by atoms with E-state index in [0.717, 1.165) is 44.5 Å². The fraction of sp³-hybridized carbons (Fsp3) is 0.194. The molecule has 1 aliphatic rings. The van der Waals surface area contributed by atoms with E-state index in [1.54, 1.807) is 18.4 Å². The van der Waals surface area contributed by atoms with Crippen LogP contribution in [0.2, 0.25) is 0 Å². The summed E-state index contributed by atoms with van der Waals surface area (Å²) in [5.74, 6) is 1.26. The molecule has 0 bridgehead atoms. The minimum Gasteiger partial charge on any atom is -0.496 e. The molecule has 9 aromatic rings. The number of hydrogen-bond acceptors (Lipinski definition) is 8. The smallest absolute Gasteiger partial charge is 0.143 e. The van der Waals surface area contributed by atoms with Crippen molar-refractivity contribution in [1.82, 2.24) is 0 Å². The number of benzene rings is 8. The molecule has 0 unspecified atom stereocenters. The first kappa shape index (κ1) is 46.8. The summed E-state index contributed by atoms with van der Waals surface area (Å²) in [5.41, 5.74) is 6.38. The van der Waals surface area contributed by atoms with Crippen LogP contribution in [0.15, 0.2) is 224 Å². The van der Waals surface area contributed by atoms with Crippen LogP contribution in [-0.4, -0.2) is 43.2 Å². The van der Waals surface area contributed by atoms with Crippen LogP contribution < -0.4 is 9.47 Å². The predicted octanol–water partition coefficient (Wildman–Crippen LogP) is 13.1. The lowest BCUT2D eigenvalue weighted by molar-refractivity contribution is -0.266. The van der Waals surface area contributed by atoms with E-state index in [4.69, 9.17) is 28.4 Å². The van der Waals surface area contributed by atoms with Gasteiger partial charge < -0.3 is 33.5 Å². The van der Waals surface area contributed by atoms with E-state index in [1.807, 2.05) is 152 Å². The van der Waals surface area contributed by atoms with Crippen LogP contribution in [0, 0.1) is 0 Å². The zero-order chi connectivity index (χ0) is 47.5. The quantitative estimate of drug-likeness (QED) is 0.0809. The normalized spacial score (nSPS) is 18.1. The first-order valence-electron chi connectivity index (χ1n) is 23.9. The van der Waals surface area contributed by atoms with Gasteiger partial charge in [0.2, 0.25) is 0 Å². The molecule has 0 saturated carbocycles. The largest absolute Gasteiger partial charge is 0.496 e. The number of thiophene rings is 1. The average molecular weight is 945 g/mol. The fourth-order valence-electron chi connectivity index (χ4n) is 9.54. The molecule has 5 atom stereocenters. The number of methoxy groups -OCH3 is 1. The second-order valence-corrected chi connectivity index (χ2v) is 18.8. The Labute approximate surface area is 414 Å². The van der Waals surface area contributed by atoms with Gasteiger partial charge in [0, 0.05) is 27.6 Å². The Morgan fingerprint density at radius 3 is 1.54 bits per heavy atom. The highest BCUT2D eigenvalue weighted by Gasteiger charge is 2.50. The van der Waals surface area contributed by atoms with Gasteiger partial charge in [0.15, 0.2) is 0 Å². The average Bonchev–Trinajstić information content (AvgIpc) is 3.84. The van der Waals surface area contributed by atoms with Crippen molar-refractivity contribution in [2.45, 2.75) is 62.4 Å². The van der Waals surface area contributed by atoms with Crippen LogP contribution in [0.4, 0.5) is 0 Å². The molecule has 70 heavy (non-hydrogen) atoms. The van der Waals surface area contributed by atoms with Gasteiger partial charge in [0.25, 0.3) is 0 Å². The number of aliphatic hydroxyl groups excluding tert-OH is 1. The van der Waals surface area contributed by atoms with Crippen molar-refractivity contribution in [1.29, 1.82) is 0 Å². The molecule has 1 N–H and O–H groups in total. The van der Waals surface area contributed by atoms with Crippen molar-refractivity contribution in [3.05, 3.63) is 274 Å². The third-order valence-electron chi connectivity index (χ3n) is 13.0. The monoisotopic (exact) mass is 944 g/mol. The number of rotatable bonds is 19. The second-order valence-electron chi connectivity index (χ2n) is 17.6. The van der Waals surface area contributed by atoms with E-state index >= 15 is 0 Å². The summed E-state index contributed by atoms with van der Waals surface area (Å²) in [7, 11) is 1.70. The van der Waals surface area contributed by atoms with Gasteiger partial charge >= 0.3 is 0 Å². The Bertz CT molecular complexity index is 2890. The molecule has 0 spiro atoms. The Morgan fingerprint density at radius 1 is 0.529 bits per heavy atom. The van der Waals surface area contributed by atoms with E-state index in [-0.39, 0.29) is 19.8 Å². The summed E-state index contributed by atoms with van der Waals surface area (Å²) >= 11 is 1.77. The van der Waals surface area contributed by atoms with Gasteiger partial charge in [0.1, 0.15) is 54.2 Å². The number of fused-ring (bicyclic) bond motifs is 1. The molecule has 2 heterocycles. The maximum absolute atomic E-state index is 12.9. The SMILES string of the molecule is COc1cc(OCc2ccccc2)c([C@@H]2O[C@H](COC(c3ccccc3)(c3ccccc3)c3ccccc3)[C@H](O)[C@H](OCc3ccccc3)[C@H]2OCc2ccccc2)cc1Cc1cc2ccccc2s1. The van der Waals surface area contributed by atoms with Gasteiger partial charge in [-0.2, -0.15) is 0 Å². The molecule has 7 nitrogen and oxygen atoms in total. The summed E-state index contributed by atoms with van der Waals surface area (Å²) in [5, 5.41) is 14.1. The molecule has 1 aliphatic heterocycles. The third-order valence-corrected chi connectivity index (χ3v) is 14.2. The minimum absolute atomic E-state index is 0.0159. The molecule has 0 amide bonds. The van der Waals surface area contributed by atoms with E-state index in [2.05, 4.69) is 72.8 Å². The lowest BCUT2D eigenvalue weighted by atomic mass is 9.80. The highest BCUT2D eigenvalue weighted by Crippen LogP contribution is 2.46. The van der Waals surface area contributed by atoms with Gasteiger partial charge in [-0.15, -0.1) is 11.3 Å². The van der Waals surface area contributed by atoms with Crippen molar-refractivity contribution < 1.29 is 33.5 Å². The molecular weight excluding hydrogens is 889 g/mol. The lowest BCUT2D eigenvalue weighted by Gasteiger charge is -2.46. The van der Waals surface area contributed by atoms with Crippen LogP contribution in [0.25, 0.3) is 10.1 Å². The molecule has 10 rings (SSSR count). The van der Waals surface area contributed by atoms with Crippen molar-refractivity contribution in [3.8, 4) is 11.5 Å². The first-order chi connectivity index (χ1) is 34.6. The van der Waals surface area contributed by atoms with Gasteiger partial charge in [-0.1, -0.05) is 200 Å². The molecule has 352 valence electrons. The topological polar surface area (TPSA) is 75.6 Å². The third kappa shape index (κ3) is 10.5. The predicted molar refractivity (Wildman–Crippen MR) is 277 cm³/mol. The lowest BCUT2D eigenvalue weighted by Crippen LogP contribution is -2.58. The van der Waals surface area contributed by atoms with Gasteiger partial charge in [0.05, 0.1) is 26.9 Å². The van der Waals surface area contributed by atoms with Gasteiger partial charge in [-0.25, -0.2) is 0 Å². The number of ether oxygens (including phenoxy) is 6. The highest BCUT2D eigenvalue weighted by atomic mass is 32.1. The Kier molecular flexibility index (Phi) is 14.9. The molecule has 0 radical (unpaired) electrons. The molecule has 1 aromatic heterocycles. The molecule has 8 aromatic carbocycles. The molecule has 8 heteroatoms. The summed E-state index contributed by atoms with van der Waals surface area (Å²) < 4.78 is 43.1.